The van der Waals surface area contributed by atoms with Crippen LogP contribution in [0.3, 0.4) is 0 Å². The zero-order valence-electron chi connectivity index (χ0n) is 10.2. The number of nitrogens with two attached hydrogens (primary N) is 1. The number of carbonyl (C=O) groups is 1. The lowest BCUT2D eigenvalue weighted by Crippen LogP contribution is -2.23. The standard InChI is InChI=1S/C13H16N2O2/c1-7-4-5-10-9(6-7)8(2)12(15(10)3)11(14)13(16)17/h4-6,11H,14H2,1-3H3,(H,16,17). The molecule has 0 saturated heterocycles. The minimum atomic E-state index is -1.00. The fraction of sp³-hybridized carbons (Fsp3) is 0.308. The maximum absolute atomic E-state index is 11.0. The summed E-state index contributed by atoms with van der Waals surface area (Å²) in [6.45, 7) is 3.93. The van der Waals surface area contributed by atoms with E-state index in [1.54, 1.807) is 0 Å². The second-order valence-corrected chi connectivity index (χ2v) is 4.41. The highest BCUT2D eigenvalue weighted by molar-refractivity contribution is 5.88. The third-order valence-electron chi connectivity index (χ3n) is 3.22. The second kappa shape index (κ2) is 3.89. The first kappa shape index (κ1) is 11.7. The molecule has 2 rings (SSSR count). The molecule has 0 saturated carbocycles. The Labute approximate surface area is 99.7 Å². The Kier molecular flexibility index (Phi) is 2.67. The van der Waals surface area contributed by atoms with Crippen LogP contribution in [0.15, 0.2) is 18.2 Å². The Bertz CT molecular complexity index is 599. The van der Waals surface area contributed by atoms with Gasteiger partial charge in [0.25, 0.3) is 0 Å². The van der Waals surface area contributed by atoms with Gasteiger partial charge >= 0.3 is 5.97 Å². The highest BCUT2D eigenvalue weighted by atomic mass is 16.4. The monoisotopic (exact) mass is 232 g/mol. The van der Waals surface area contributed by atoms with Crippen molar-refractivity contribution in [2.45, 2.75) is 19.9 Å². The van der Waals surface area contributed by atoms with Gasteiger partial charge in [0.2, 0.25) is 0 Å². The lowest BCUT2D eigenvalue weighted by molar-refractivity contribution is -0.138. The maximum atomic E-state index is 11.0. The van der Waals surface area contributed by atoms with Gasteiger partial charge in [-0.05, 0) is 31.5 Å². The molecular formula is C13H16N2O2. The molecule has 4 heteroatoms. The molecule has 4 nitrogen and oxygen atoms in total. The SMILES string of the molecule is Cc1ccc2c(c1)c(C)c(C(N)C(=O)O)n2C. The van der Waals surface area contributed by atoms with Crippen LogP contribution < -0.4 is 5.73 Å². The lowest BCUT2D eigenvalue weighted by Gasteiger charge is -2.09. The van der Waals surface area contributed by atoms with Crippen LogP contribution in [0.2, 0.25) is 0 Å². The van der Waals surface area contributed by atoms with Crippen molar-refractivity contribution in [1.29, 1.82) is 0 Å². The van der Waals surface area contributed by atoms with E-state index in [-0.39, 0.29) is 0 Å². The predicted octanol–water partition coefficient (Wildman–Crippen LogP) is 1.88. The molecule has 1 aromatic heterocycles. The Balaban J connectivity index is 2.77. The third-order valence-corrected chi connectivity index (χ3v) is 3.22. The molecule has 17 heavy (non-hydrogen) atoms. The van der Waals surface area contributed by atoms with E-state index < -0.39 is 12.0 Å². The number of nitrogens with zero attached hydrogens (tertiary/aromatic N) is 1. The maximum Gasteiger partial charge on any atom is 0.326 e. The molecular weight excluding hydrogens is 216 g/mol. The normalized spacial score (nSPS) is 12.9. The quantitative estimate of drug-likeness (QED) is 0.830. The van der Waals surface area contributed by atoms with E-state index in [0.717, 1.165) is 22.0 Å². The average molecular weight is 232 g/mol. The lowest BCUT2D eigenvalue weighted by atomic mass is 10.1. The van der Waals surface area contributed by atoms with Gasteiger partial charge in [-0.15, -0.1) is 0 Å². The van der Waals surface area contributed by atoms with Crippen molar-refractivity contribution >= 4 is 16.9 Å². The van der Waals surface area contributed by atoms with Gasteiger partial charge in [0, 0.05) is 23.6 Å². The van der Waals surface area contributed by atoms with Gasteiger partial charge in [0.15, 0.2) is 0 Å². The van der Waals surface area contributed by atoms with E-state index >= 15 is 0 Å². The third kappa shape index (κ3) is 1.70. The molecule has 1 heterocycles. The van der Waals surface area contributed by atoms with Gasteiger partial charge in [-0.2, -0.15) is 0 Å². The van der Waals surface area contributed by atoms with Gasteiger partial charge in [0.1, 0.15) is 6.04 Å². The van der Waals surface area contributed by atoms with Crippen LogP contribution in [0.1, 0.15) is 22.9 Å². The molecule has 0 aliphatic rings. The molecule has 0 bridgehead atoms. The van der Waals surface area contributed by atoms with Crippen LogP contribution in [0.4, 0.5) is 0 Å². The van der Waals surface area contributed by atoms with E-state index in [1.165, 1.54) is 0 Å². The van der Waals surface area contributed by atoms with Crippen molar-refractivity contribution < 1.29 is 9.90 Å². The molecule has 0 aliphatic heterocycles. The number of aliphatic carboxylic acids is 1. The largest absolute Gasteiger partial charge is 0.480 e. The first-order chi connectivity index (χ1) is 7.93. The molecule has 0 spiro atoms. The molecule has 0 fully saturated rings. The first-order valence-corrected chi connectivity index (χ1v) is 5.47. The van der Waals surface area contributed by atoms with E-state index in [0.29, 0.717) is 5.69 Å². The molecule has 3 N–H and O–H groups in total. The first-order valence-electron chi connectivity index (χ1n) is 5.47. The van der Waals surface area contributed by atoms with Crippen molar-refractivity contribution in [3.63, 3.8) is 0 Å². The fourth-order valence-electron chi connectivity index (χ4n) is 2.32. The summed E-state index contributed by atoms with van der Waals surface area (Å²) in [6.07, 6.45) is 0. The van der Waals surface area contributed by atoms with Crippen molar-refractivity contribution in [1.82, 2.24) is 4.57 Å². The zero-order valence-corrected chi connectivity index (χ0v) is 10.2. The number of fused-ring (bicyclic) bond motifs is 1. The molecule has 0 aliphatic carbocycles. The Morgan fingerprint density at radius 3 is 2.65 bits per heavy atom. The Morgan fingerprint density at radius 1 is 1.41 bits per heavy atom. The van der Waals surface area contributed by atoms with Crippen LogP contribution in [-0.4, -0.2) is 15.6 Å². The van der Waals surface area contributed by atoms with Crippen molar-refractivity contribution in [3.8, 4) is 0 Å². The smallest absolute Gasteiger partial charge is 0.326 e. The molecule has 0 amide bonds. The fourth-order valence-corrected chi connectivity index (χ4v) is 2.32. The summed E-state index contributed by atoms with van der Waals surface area (Å²) in [7, 11) is 1.85. The average Bonchev–Trinajstić information content (AvgIpc) is 2.50. The number of rotatable bonds is 2. The molecule has 90 valence electrons. The van der Waals surface area contributed by atoms with Gasteiger partial charge in [-0.3, -0.25) is 4.79 Å². The molecule has 1 aromatic carbocycles. The van der Waals surface area contributed by atoms with Crippen LogP contribution in [0, 0.1) is 13.8 Å². The number of hydrogen-bond acceptors (Lipinski definition) is 2. The summed E-state index contributed by atoms with van der Waals surface area (Å²) in [5.74, 6) is -1.00. The predicted molar refractivity (Wildman–Crippen MR) is 67.0 cm³/mol. The van der Waals surface area contributed by atoms with E-state index in [2.05, 4.69) is 6.07 Å². The summed E-state index contributed by atoms with van der Waals surface area (Å²) < 4.78 is 1.86. The minimum absolute atomic E-state index is 0.665. The Morgan fingerprint density at radius 2 is 2.06 bits per heavy atom. The molecule has 2 aromatic rings. The number of carboxylic acid groups (broad SMARTS) is 1. The highest BCUT2D eigenvalue weighted by Crippen LogP contribution is 2.28. The Hall–Kier alpha value is -1.81. The van der Waals surface area contributed by atoms with E-state index in [9.17, 15) is 4.79 Å². The zero-order chi connectivity index (χ0) is 12.7. The summed E-state index contributed by atoms with van der Waals surface area (Å²) in [6, 6.07) is 5.09. The van der Waals surface area contributed by atoms with Crippen LogP contribution in [0.25, 0.3) is 10.9 Å². The van der Waals surface area contributed by atoms with E-state index in [1.807, 2.05) is 37.6 Å². The minimum Gasteiger partial charge on any atom is -0.480 e. The number of aromatic nitrogens is 1. The molecule has 1 unspecified atom stereocenters. The van der Waals surface area contributed by atoms with E-state index in [4.69, 9.17) is 10.8 Å². The summed E-state index contributed by atoms with van der Waals surface area (Å²) in [5, 5.41) is 10.1. The second-order valence-electron chi connectivity index (χ2n) is 4.41. The van der Waals surface area contributed by atoms with Gasteiger partial charge in [-0.25, -0.2) is 0 Å². The van der Waals surface area contributed by atoms with Gasteiger partial charge in [0.05, 0.1) is 0 Å². The summed E-state index contributed by atoms with van der Waals surface area (Å²) in [5.41, 5.74) is 9.50. The van der Waals surface area contributed by atoms with Gasteiger partial charge in [-0.1, -0.05) is 11.6 Å². The number of hydrogen-bond donors (Lipinski definition) is 2. The number of benzene rings is 1. The van der Waals surface area contributed by atoms with Crippen LogP contribution in [-0.2, 0) is 11.8 Å². The topological polar surface area (TPSA) is 68.2 Å². The van der Waals surface area contributed by atoms with Crippen LogP contribution >= 0.6 is 0 Å². The van der Waals surface area contributed by atoms with Crippen molar-refractivity contribution in [2.75, 3.05) is 0 Å². The molecule has 1 atom stereocenters. The summed E-state index contributed by atoms with van der Waals surface area (Å²) in [4.78, 5) is 11.0. The van der Waals surface area contributed by atoms with Crippen LogP contribution in [0.5, 0.6) is 0 Å². The highest BCUT2D eigenvalue weighted by Gasteiger charge is 2.22. The van der Waals surface area contributed by atoms with Crippen molar-refractivity contribution in [3.05, 3.63) is 35.0 Å². The van der Waals surface area contributed by atoms with Gasteiger partial charge < -0.3 is 15.4 Å². The number of carboxylic acids is 1. The summed E-state index contributed by atoms with van der Waals surface area (Å²) >= 11 is 0. The van der Waals surface area contributed by atoms with Crippen molar-refractivity contribution in [2.24, 2.45) is 12.8 Å². The molecule has 0 radical (unpaired) electrons. The number of aryl methyl sites for hydroxylation is 3.